The second-order valence-electron chi connectivity index (χ2n) is 2.63. The minimum absolute atomic E-state index is 0.495. The molecule has 0 aliphatic rings. The van der Waals surface area contributed by atoms with Gasteiger partial charge >= 0.3 is 5.97 Å². The number of hydrogen-bond donors (Lipinski definition) is 4. The van der Waals surface area contributed by atoms with Crippen molar-refractivity contribution in [1.82, 2.24) is 0 Å². The highest BCUT2D eigenvalue weighted by Gasteiger charge is 2.23. The van der Waals surface area contributed by atoms with Gasteiger partial charge in [-0.05, 0) is 0 Å². The van der Waals surface area contributed by atoms with E-state index in [4.69, 9.17) is 20.4 Å². The van der Waals surface area contributed by atoms with E-state index in [2.05, 4.69) is 0 Å². The Balaban J connectivity index is 4.04. The maximum atomic E-state index is 10.6. The number of carboxylic acids is 1. The molecule has 0 aromatic carbocycles. The van der Waals surface area contributed by atoms with Crippen molar-refractivity contribution in [1.29, 1.82) is 0 Å². The van der Waals surface area contributed by atoms with Crippen molar-refractivity contribution < 1.29 is 30.0 Å². The Morgan fingerprint density at radius 3 is 1.92 bits per heavy atom. The van der Waals surface area contributed by atoms with Crippen molar-refractivity contribution in [3.63, 3.8) is 0 Å². The molecular weight excluding hydrogens is 180 g/mol. The molecule has 0 heterocycles. The van der Waals surface area contributed by atoms with Gasteiger partial charge in [0.15, 0.2) is 0 Å². The molecule has 0 aromatic heterocycles. The lowest BCUT2D eigenvalue weighted by molar-refractivity contribution is -0.150. The number of hydrogen-bond acceptors (Lipinski definition) is 5. The van der Waals surface area contributed by atoms with E-state index in [1.54, 1.807) is 0 Å². The Kier molecular flexibility index (Phi) is 5.20. The second-order valence-corrected chi connectivity index (χ2v) is 2.63. The van der Waals surface area contributed by atoms with Crippen molar-refractivity contribution in [2.24, 2.45) is 5.92 Å². The van der Waals surface area contributed by atoms with Crippen molar-refractivity contribution >= 4 is 11.8 Å². The molecule has 0 rings (SSSR count). The lowest BCUT2D eigenvalue weighted by atomic mass is 10.00. The molecule has 6 heteroatoms. The first kappa shape index (κ1) is 12.0. The Hall–Kier alpha value is -0.980. The number of carboxylic acid groups (broad SMARTS) is 1. The summed E-state index contributed by atoms with van der Waals surface area (Å²) in [5.41, 5.74) is 0. The van der Waals surface area contributed by atoms with Crippen LogP contribution in [0.25, 0.3) is 0 Å². The minimum Gasteiger partial charge on any atom is -0.475 e. The van der Waals surface area contributed by atoms with E-state index in [0.29, 0.717) is 0 Å². The Morgan fingerprint density at radius 2 is 1.62 bits per heavy atom. The molecule has 0 fully saturated rings. The fourth-order valence-electron chi connectivity index (χ4n) is 0.745. The van der Waals surface area contributed by atoms with Gasteiger partial charge in [0, 0.05) is 12.3 Å². The van der Waals surface area contributed by atoms with Gasteiger partial charge in [-0.2, -0.15) is 0 Å². The van der Waals surface area contributed by atoms with Gasteiger partial charge in [-0.3, -0.25) is 4.79 Å². The van der Waals surface area contributed by atoms with Crippen LogP contribution in [0.1, 0.15) is 6.42 Å². The lowest BCUT2D eigenvalue weighted by Crippen LogP contribution is -2.31. The van der Waals surface area contributed by atoms with Crippen molar-refractivity contribution in [2.45, 2.75) is 12.5 Å². The first-order valence-corrected chi connectivity index (χ1v) is 3.68. The number of rotatable bonds is 6. The van der Waals surface area contributed by atoms with Crippen LogP contribution >= 0.6 is 0 Å². The summed E-state index contributed by atoms with van der Waals surface area (Å²) in [6.45, 7) is -0.991. The van der Waals surface area contributed by atoms with Crippen molar-refractivity contribution in [2.75, 3.05) is 13.2 Å². The van der Waals surface area contributed by atoms with Crippen LogP contribution < -0.4 is 0 Å². The van der Waals surface area contributed by atoms with Gasteiger partial charge in [0.2, 0.25) is 5.78 Å². The van der Waals surface area contributed by atoms with Crippen LogP contribution in [0.2, 0.25) is 0 Å². The molecule has 0 radical (unpaired) electrons. The summed E-state index contributed by atoms with van der Waals surface area (Å²) in [7, 11) is 0. The van der Waals surface area contributed by atoms with Crippen LogP contribution in [0.3, 0.4) is 0 Å². The number of carbonyl (C=O) groups is 2. The molecule has 6 nitrogen and oxygen atoms in total. The predicted octanol–water partition coefficient (Wildman–Crippen LogP) is -2.01. The molecule has 13 heavy (non-hydrogen) atoms. The molecule has 76 valence electrons. The number of aliphatic carboxylic acids is 1. The van der Waals surface area contributed by atoms with Crippen LogP contribution in [-0.2, 0) is 9.59 Å². The number of aliphatic hydroxyl groups is 3. The van der Waals surface area contributed by atoms with E-state index in [-0.39, 0.29) is 0 Å². The SMILES string of the molecule is O=C(O)C(=O)CC(O)C(CO)CO. The average Bonchev–Trinajstić information content (AvgIpc) is 2.06. The second kappa shape index (κ2) is 5.63. The Bertz CT molecular complexity index is 185. The van der Waals surface area contributed by atoms with E-state index in [9.17, 15) is 9.59 Å². The van der Waals surface area contributed by atoms with E-state index < -0.39 is 43.4 Å². The lowest BCUT2D eigenvalue weighted by Gasteiger charge is -2.16. The highest BCUT2D eigenvalue weighted by Crippen LogP contribution is 2.06. The standard InChI is InChI=1S/C7H12O6/c8-2-4(3-9)5(10)1-6(11)7(12)13/h4-5,8-10H,1-3H2,(H,12,13). The van der Waals surface area contributed by atoms with Gasteiger partial charge in [0.25, 0.3) is 0 Å². The number of carbonyl (C=O) groups excluding carboxylic acids is 1. The fourth-order valence-corrected chi connectivity index (χ4v) is 0.745. The Labute approximate surface area is 74.4 Å². The topological polar surface area (TPSA) is 115 Å². The molecular formula is C7H12O6. The van der Waals surface area contributed by atoms with Crippen LogP contribution in [-0.4, -0.2) is 51.5 Å². The van der Waals surface area contributed by atoms with Crippen molar-refractivity contribution in [3.05, 3.63) is 0 Å². The van der Waals surface area contributed by atoms with Gasteiger partial charge in [-0.1, -0.05) is 0 Å². The molecule has 1 atom stereocenters. The summed E-state index contributed by atoms with van der Waals surface area (Å²) < 4.78 is 0. The molecule has 0 bridgehead atoms. The number of ketones is 1. The number of aliphatic hydroxyl groups excluding tert-OH is 3. The van der Waals surface area contributed by atoms with Crippen LogP contribution in [0.15, 0.2) is 0 Å². The molecule has 0 amide bonds. The smallest absolute Gasteiger partial charge is 0.372 e. The van der Waals surface area contributed by atoms with Crippen LogP contribution in [0.4, 0.5) is 0 Å². The largest absolute Gasteiger partial charge is 0.475 e. The molecule has 0 aliphatic carbocycles. The summed E-state index contributed by atoms with van der Waals surface area (Å²) in [6.07, 6.45) is -1.92. The maximum absolute atomic E-state index is 10.6. The van der Waals surface area contributed by atoms with E-state index in [0.717, 1.165) is 0 Å². The van der Waals surface area contributed by atoms with Crippen molar-refractivity contribution in [3.8, 4) is 0 Å². The van der Waals surface area contributed by atoms with Crippen LogP contribution in [0.5, 0.6) is 0 Å². The van der Waals surface area contributed by atoms with E-state index in [1.807, 2.05) is 0 Å². The maximum Gasteiger partial charge on any atom is 0.372 e. The number of Topliss-reactive ketones (excluding diaryl/α,β-unsaturated/α-hetero) is 1. The van der Waals surface area contributed by atoms with Gasteiger partial charge in [0.05, 0.1) is 19.3 Å². The summed E-state index contributed by atoms with van der Waals surface area (Å²) in [5, 5.41) is 34.4. The molecule has 0 aromatic rings. The first-order valence-electron chi connectivity index (χ1n) is 3.68. The molecule has 0 saturated heterocycles. The van der Waals surface area contributed by atoms with Crippen LogP contribution in [0, 0.1) is 5.92 Å². The summed E-state index contributed by atoms with van der Waals surface area (Å²) >= 11 is 0. The molecule has 1 unspecified atom stereocenters. The molecule has 4 N–H and O–H groups in total. The fraction of sp³-hybridized carbons (Fsp3) is 0.714. The minimum atomic E-state index is -1.63. The third-order valence-electron chi connectivity index (χ3n) is 1.65. The van der Waals surface area contributed by atoms with Gasteiger partial charge in [-0.25, -0.2) is 4.79 Å². The average molecular weight is 192 g/mol. The predicted molar refractivity (Wildman–Crippen MR) is 40.9 cm³/mol. The van der Waals surface area contributed by atoms with E-state index in [1.165, 1.54) is 0 Å². The van der Waals surface area contributed by atoms with Gasteiger partial charge in [0.1, 0.15) is 0 Å². The summed E-state index contributed by atoms with van der Waals surface area (Å²) in [6, 6.07) is 0. The zero-order valence-corrected chi connectivity index (χ0v) is 6.88. The third-order valence-corrected chi connectivity index (χ3v) is 1.65. The molecule has 0 aliphatic heterocycles. The monoisotopic (exact) mass is 192 g/mol. The normalized spacial score (nSPS) is 12.9. The zero-order chi connectivity index (χ0) is 10.4. The molecule has 0 saturated carbocycles. The summed E-state index contributed by atoms with van der Waals surface area (Å²) in [5.74, 6) is -3.64. The van der Waals surface area contributed by atoms with Gasteiger partial charge < -0.3 is 20.4 Å². The zero-order valence-electron chi connectivity index (χ0n) is 6.88. The van der Waals surface area contributed by atoms with E-state index >= 15 is 0 Å². The van der Waals surface area contributed by atoms with Gasteiger partial charge in [-0.15, -0.1) is 0 Å². The third kappa shape index (κ3) is 3.97. The highest BCUT2D eigenvalue weighted by molar-refractivity contribution is 6.32. The Morgan fingerprint density at radius 1 is 1.15 bits per heavy atom. The first-order chi connectivity index (χ1) is 6.02. The molecule has 0 spiro atoms. The highest BCUT2D eigenvalue weighted by atomic mass is 16.4. The summed E-state index contributed by atoms with van der Waals surface area (Å²) in [4.78, 5) is 20.6. The quantitative estimate of drug-likeness (QED) is 0.361.